The van der Waals surface area contributed by atoms with Gasteiger partial charge >= 0.3 is 0 Å². The summed E-state index contributed by atoms with van der Waals surface area (Å²) in [5, 5.41) is 16.8. The van der Waals surface area contributed by atoms with Crippen molar-refractivity contribution in [1.82, 2.24) is 38.7 Å². The molecule has 4 aliphatic carbocycles. The van der Waals surface area contributed by atoms with E-state index in [1.165, 1.54) is 41.4 Å². The molecule has 4 aliphatic rings. The van der Waals surface area contributed by atoms with Crippen LogP contribution in [0.3, 0.4) is 0 Å². The van der Waals surface area contributed by atoms with E-state index in [0.717, 1.165) is 91.4 Å². The van der Waals surface area contributed by atoms with Gasteiger partial charge in [0.2, 0.25) is 0 Å². The zero-order chi connectivity index (χ0) is 57.7. The molecule has 4 aromatic heterocycles. The minimum absolute atomic E-state index is 0.253. The van der Waals surface area contributed by atoms with Gasteiger partial charge in [0, 0.05) is 106 Å². The molecule has 4 heterocycles. The lowest BCUT2D eigenvalue weighted by molar-refractivity contribution is 0.0755. The van der Waals surface area contributed by atoms with Gasteiger partial charge in [0.15, 0.2) is 23.3 Å². The Hall–Kier alpha value is -4.03. The van der Waals surface area contributed by atoms with E-state index in [4.69, 9.17) is 39.1 Å². The van der Waals surface area contributed by atoms with Crippen molar-refractivity contribution in [2.45, 2.75) is 196 Å². The van der Waals surface area contributed by atoms with Crippen molar-refractivity contribution >= 4 is 65.7 Å². The Kier molecular flexibility index (Phi) is 17.8. The van der Waals surface area contributed by atoms with Gasteiger partial charge in [-0.1, -0.05) is 92.4 Å². The second-order valence-corrected chi connectivity index (χ2v) is 51.7. The monoisotopic (exact) mass is 1170 g/mol. The zero-order valence-corrected chi connectivity index (χ0v) is 55.6. The topological polar surface area (TPSA) is 132 Å². The Morgan fingerprint density at radius 3 is 1.41 bits per heavy atom. The van der Waals surface area contributed by atoms with Crippen LogP contribution in [0.25, 0.3) is 45.1 Å². The maximum Gasteiger partial charge on any atom is 0.164 e. The number of hydrogen-bond acceptors (Lipinski definition) is 10. The van der Waals surface area contributed by atoms with Crippen molar-refractivity contribution in [3.63, 3.8) is 0 Å². The van der Waals surface area contributed by atoms with Crippen molar-refractivity contribution < 1.29 is 27.7 Å². The van der Waals surface area contributed by atoms with Crippen molar-refractivity contribution in [2.24, 2.45) is 22.7 Å². The largest absolute Gasteiger partial charge is 0.385 e. The number of nitrogens with one attached hydrogen (secondary N) is 2. The predicted octanol–water partition coefficient (Wildman–Crippen LogP) is 14.4. The number of halogens is 2. The highest BCUT2D eigenvalue weighted by Gasteiger charge is 2.55. The van der Waals surface area contributed by atoms with Gasteiger partial charge in [-0.05, 0) is 123 Å². The first-order valence-electron chi connectivity index (χ1n) is 29.9. The number of nitrogens with zero attached hydrogens (tertiary/aromatic N) is 8. The molecule has 0 unspecified atom stereocenters. The average molecular weight is 1170 g/mol. The highest BCUT2D eigenvalue weighted by Crippen LogP contribution is 2.61. The summed E-state index contributed by atoms with van der Waals surface area (Å²) in [7, 11) is -4.85. The molecule has 6 aromatic rings. The van der Waals surface area contributed by atoms with Crippen LogP contribution in [0.15, 0.2) is 24.3 Å². The van der Waals surface area contributed by atoms with Gasteiger partial charge in [-0.3, -0.25) is 9.13 Å². The van der Waals surface area contributed by atoms with Crippen LogP contribution in [0.1, 0.15) is 63.1 Å². The quantitative estimate of drug-likeness (QED) is 0.0400. The minimum Gasteiger partial charge on any atom is -0.385 e. The number of anilines is 2. The Balaban J connectivity index is 0.000000194. The standard InChI is InChI=1S/2C30H48FN5O2Si2/c1-9-32-22-15-24(31)28-25(16-22)35(19-37-10-12-39(3,4)5)29(33-28)27-23-14-21-17-30(21,2)18-26(23)36(34-27)20-38-11-13-40(6,7)8;1-9-32-22-15-24(31)28-25(16-22)33-29(35(28)19-37-10-12-39(3,4)5)27-23-14-21-17-30(21,2)18-26(23)36(34-27)20-38-11-13-40(6,7)8/h2*15-16,21,32H,9-14,17-20H2,1-8H3/t2*21-,30-/m11/s1. The second kappa shape index (κ2) is 23.6. The third-order valence-electron chi connectivity index (χ3n) is 17.1. The molecule has 4 atom stereocenters. The van der Waals surface area contributed by atoms with Gasteiger partial charge in [0.05, 0.1) is 11.0 Å². The Morgan fingerprint density at radius 2 is 0.963 bits per heavy atom. The molecule has 0 aliphatic heterocycles. The van der Waals surface area contributed by atoms with Crippen LogP contribution in [-0.4, -0.2) is 110 Å². The van der Waals surface area contributed by atoms with Crippen molar-refractivity contribution in [3.8, 4) is 23.0 Å². The fourth-order valence-corrected chi connectivity index (χ4v) is 14.6. The zero-order valence-electron chi connectivity index (χ0n) is 51.6. The summed E-state index contributed by atoms with van der Waals surface area (Å²) in [4.78, 5) is 9.92. The first-order valence-corrected chi connectivity index (χ1v) is 44.7. The normalized spacial score (nSPS) is 20.6. The van der Waals surface area contributed by atoms with E-state index in [0.29, 0.717) is 97.4 Å². The van der Waals surface area contributed by atoms with Crippen LogP contribution in [0.2, 0.25) is 103 Å². The van der Waals surface area contributed by atoms with Gasteiger partial charge in [-0.2, -0.15) is 10.2 Å². The summed E-state index contributed by atoms with van der Waals surface area (Å²) in [6.07, 6.45) is 6.47. The first-order chi connectivity index (χ1) is 37.6. The molecule has 20 heteroatoms. The third-order valence-corrected chi connectivity index (χ3v) is 23.9. The number of imidazole rings is 2. The number of ether oxygens (including phenoxy) is 4. The molecule has 0 radical (unpaired) electrons. The molecular formula is C60H96F2N10O4Si4. The minimum atomic E-state index is -1.25. The number of benzene rings is 2. The lowest BCUT2D eigenvalue weighted by Crippen LogP contribution is -2.23. The molecule has 0 spiro atoms. The Morgan fingerprint density at radius 1 is 0.550 bits per heavy atom. The molecular weight excluding hydrogens is 1080 g/mol. The van der Waals surface area contributed by atoms with Crippen LogP contribution in [-0.2, 0) is 71.6 Å². The molecule has 0 amide bonds. The van der Waals surface area contributed by atoms with Crippen LogP contribution >= 0.6 is 0 Å². The molecule has 2 saturated carbocycles. The van der Waals surface area contributed by atoms with Crippen LogP contribution in [0, 0.1) is 34.3 Å². The molecule has 2 fully saturated rings. The highest BCUT2D eigenvalue weighted by atomic mass is 28.3. The molecule has 10 rings (SSSR count). The van der Waals surface area contributed by atoms with Crippen LogP contribution in [0.4, 0.5) is 20.2 Å². The van der Waals surface area contributed by atoms with E-state index in [9.17, 15) is 0 Å². The lowest BCUT2D eigenvalue weighted by Gasteiger charge is -2.20. The predicted molar refractivity (Wildman–Crippen MR) is 334 cm³/mol. The summed E-state index contributed by atoms with van der Waals surface area (Å²) in [6.45, 7) is 42.8. The molecule has 0 bridgehead atoms. The van der Waals surface area contributed by atoms with E-state index in [1.54, 1.807) is 6.07 Å². The van der Waals surface area contributed by atoms with Gasteiger partial charge < -0.3 is 29.6 Å². The summed E-state index contributed by atoms with van der Waals surface area (Å²) >= 11 is 0. The Bertz CT molecular complexity index is 3070. The number of aromatic nitrogens is 8. The number of hydrogen-bond donors (Lipinski definition) is 2. The molecule has 2 aromatic carbocycles. The molecule has 2 N–H and O–H groups in total. The van der Waals surface area contributed by atoms with Gasteiger partial charge in [0.1, 0.15) is 49.3 Å². The van der Waals surface area contributed by atoms with Gasteiger partial charge in [0.25, 0.3) is 0 Å². The van der Waals surface area contributed by atoms with E-state index < -0.39 is 32.3 Å². The summed E-state index contributed by atoms with van der Waals surface area (Å²) in [5.41, 5.74) is 11.1. The lowest BCUT2D eigenvalue weighted by atomic mass is 9.87. The smallest absolute Gasteiger partial charge is 0.164 e. The molecule has 440 valence electrons. The van der Waals surface area contributed by atoms with E-state index in [2.05, 4.69) is 112 Å². The van der Waals surface area contributed by atoms with E-state index in [-0.39, 0.29) is 18.4 Å². The summed E-state index contributed by atoms with van der Waals surface area (Å²) in [6, 6.07) is 11.4. The summed E-state index contributed by atoms with van der Waals surface area (Å²) in [5.74, 6) is 2.11. The molecule has 14 nitrogen and oxygen atoms in total. The van der Waals surface area contributed by atoms with Crippen LogP contribution in [0.5, 0.6) is 0 Å². The van der Waals surface area contributed by atoms with E-state index in [1.807, 2.05) is 35.1 Å². The highest BCUT2D eigenvalue weighted by molar-refractivity contribution is 6.77. The maximum atomic E-state index is 15.6. The molecule has 80 heavy (non-hydrogen) atoms. The SMILES string of the molecule is CCNc1cc(F)c2c(c1)nc(-c1nn(COCC[Si](C)(C)C)c3c1C[C@@H]1C[C@]1(C)C3)n2COCC[Si](C)(C)C.CCNc1cc(F)c2nc(-c3nn(COCC[Si](C)(C)C)c4c3C[C@@H]3C[C@]3(C)C4)n(COCC[Si](C)(C)C)c2c1. The van der Waals surface area contributed by atoms with E-state index >= 15 is 8.78 Å². The maximum absolute atomic E-state index is 15.6. The Labute approximate surface area is 479 Å². The number of fused-ring (bicyclic) bond motifs is 6. The average Bonchev–Trinajstić information content (AvgIpc) is 4.12. The van der Waals surface area contributed by atoms with Crippen molar-refractivity contribution in [2.75, 3.05) is 50.2 Å². The van der Waals surface area contributed by atoms with Crippen molar-refractivity contribution in [3.05, 3.63) is 58.4 Å². The fraction of sp³-hybridized carbons (Fsp3) is 0.667. The van der Waals surface area contributed by atoms with Gasteiger partial charge in [-0.25, -0.2) is 28.1 Å². The van der Waals surface area contributed by atoms with Crippen molar-refractivity contribution in [1.29, 1.82) is 0 Å². The van der Waals surface area contributed by atoms with Gasteiger partial charge in [-0.15, -0.1) is 0 Å². The third kappa shape index (κ3) is 14.3. The molecule has 0 saturated heterocycles. The van der Waals surface area contributed by atoms with Crippen LogP contribution < -0.4 is 10.6 Å². The fourth-order valence-electron chi connectivity index (χ4n) is 11.6. The summed E-state index contributed by atoms with van der Waals surface area (Å²) < 4.78 is 63.8. The second-order valence-electron chi connectivity index (χ2n) is 29.2. The first kappa shape index (κ1) is 60.6. The number of rotatable bonds is 26.